The van der Waals surface area contributed by atoms with E-state index in [-0.39, 0.29) is 12.6 Å². The highest BCUT2D eigenvalue weighted by atomic mass is 19.3. The Balaban J connectivity index is 3.16. The standard InChI is InChI=1S/C9H15F3/c1-8(7-10)5-3-2-4-6-9(11)12/h6,8H,2-5,7H2,1H3. The largest absolute Gasteiger partial charge is 0.266 e. The number of halogens is 3. The van der Waals surface area contributed by atoms with E-state index < -0.39 is 6.08 Å². The fraction of sp³-hybridized carbons (Fsp3) is 0.778. The van der Waals surface area contributed by atoms with Gasteiger partial charge in [-0.3, -0.25) is 4.39 Å². The SMILES string of the molecule is CC(CF)CCCCC=C(F)F. The van der Waals surface area contributed by atoms with Gasteiger partial charge in [0.15, 0.2) is 0 Å². The first-order chi connectivity index (χ1) is 5.66. The Morgan fingerprint density at radius 1 is 1.33 bits per heavy atom. The normalized spacial score (nSPS) is 12.7. The average Bonchev–Trinajstić information content (AvgIpc) is 2.03. The lowest BCUT2D eigenvalue weighted by Gasteiger charge is -2.03. The number of hydrogen-bond donors (Lipinski definition) is 0. The minimum absolute atomic E-state index is 0.0733. The van der Waals surface area contributed by atoms with Gasteiger partial charge in [0.1, 0.15) is 0 Å². The van der Waals surface area contributed by atoms with Crippen LogP contribution in [0.5, 0.6) is 0 Å². The van der Waals surface area contributed by atoms with E-state index in [1.165, 1.54) is 0 Å². The predicted molar refractivity (Wildman–Crippen MR) is 43.9 cm³/mol. The molecule has 0 aliphatic rings. The summed E-state index contributed by atoms with van der Waals surface area (Å²) < 4.78 is 34.9. The average molecular weight is 180 g/mol. The molecule has 0 aliphatic heterocycles. The van der Waals surface area contributed by atoms with Gasteiger partial charge in [0.2, 0.25) is 0 Å². The van der Waals surface area contributed by atoms with Gasteiger partial charge in [-0.05, 0) is 31.3 Å². The third-order valence-corrected chi connectivity index (χ3v) is 1.71. The van der Waals surface area contributed by atoms with Gasteiger partial charge in [0.25, 0.3) is 6.08 Å². The second-order valence-corrected chi connectivity index (χ2v) is 3.04. The highest BCUT2D eigenvalue weighted by Crippen LogP contribution is 2.11. The Morgan fingerprint density at radius 2 is 2.00 bits per heavy atom. The maximum absolute atomic E-state index is 11.9. The highest BCUT2D eigenvalue weighted by Gasteiger charge is 1.99. The molecule has 1 unspecified atom stereocenters. The van der Waals surface area contributed by atoms with Gasteiger partial charge in [0.05, 0.1) is 6.67 Å². The molecule has 0 amide bonds. The molecule has 0 saturated heterocycles. The van der Waals surface area contributed by atoms with E-state index in [1.807, 2.05) is 6.92 Å². The number of alkyl halides is 1. The fourth-order valence-electron chi connectivity index (χ4n) is 0.925. The summed E-state index contributed by atoms with van der Waals surface area (Å²) in [6.45, 7) is 1.51. The van der Waals surface area contributed by atoms with E-state index in [9.17, 15) is 13.2 Å². The Hall–Kier alpha value is -0.470. The van der Waals surface area contributed by atoms with Crippen LogP contribution < -0.4 is 0 Å². The maximum Gasteiger partial charge on any atom is 0.266 e. The summed E-state index contributed by atoms with van der Waals surface area (Å²) in [6, 6.07) is 0. The molecule has 0 spiro atoms. The van der Waals surface area contributed by atoms with Gasteiger partial charge in [-0.2, -0.15) is 8.78 Å². The molecule has 0 bridgehead atoms. The molecule has 0 aromatic rings. The van der Waals surface area contributed by atoms with Crippen LogP contribution in [0.3, 0.4) is 0 Å². The zero-order chi connectivity index (χ0) is 9.40. The van der Waals surface area contributed by atoms with Crippen molar-refractivity contribution in [1.82, 2.24) is 0 Å². The molecular formula is C9H15F3. The molecule has 0 rings (SSSR count). The summed E-state index contributed by atoms with van der Waals surface area (Å²) in [5.74, 6) is 0.0733. The number of hydrogen-bond acceptors (Lipinski definition) is 0. The monoisotopic (exact) mass is 180 g/mol. The third-order valence-electron chi connectivity index (χ3n) is 1.71. The van der Waals surface area contributed by atoms with Crippen molar-refractivity contribution in [3.05, 3.63) is 12.2 Å². The van der Waals surface area contributed by atoms with E-state index in [2.05, 4.69) is 0 Å². The van der Waals surface area contributed by atoms with Crippen LogP contribution in [0.4, 0.5) is 13.2 Å². The van der Waals surface area contributed by atoms with Crippen molar-refractivity contribution in [2.75, 3.05) is 6.67 Å². The topological polar surface area (TPSA) is 0 Å². The van der Waals surface area contributed by atoms with Gasteiger partial charge >= 0.3 is 0 Å². The third kappa shape index (κ3) is 7.63. The molecule has 1 atom stereocenters. The number of rotatable bonds is 6. The van der Waals surface area contributed by atoms with E-state index in [1.54, 1.807) is 0 Å². The van der Waals surface area contributed by atoms with Crippen molar-refractivity contribution in [1.29, 1.82) is 0 Å². The summed E-state index contributed by atoms with van der Waals surface area (Å²) in [5.41, 5.74) is 0. The Morgan fingerprint density at radius 3 is 2.50 bits per heavy atom. The van der Waals surface area contributed by atoms with Gasteiger partial charge in [-0.15, -0.1) is 0 Å². The first kappa shape index (κ1) is 11.5. The van der Waals surface area contributed by atoms with Crippen molar-refractivity contribution < 1.29 is 13.2 Å². The Labute approximate surface area is 71.5 Å². The lowest BCUT2D eigenvalue weighted by molar-refractivity contribution is 0.357. The highest BCUT2D eigenvalue weighted by molar-refractivity contribution is 4.79. The van der Waals surface area contributed by atoms with Crippen molar-refractivity contribution >= 4 is 0 Å². The zero-order valence-electron chi connectivity index (χ0n) is 7.32. The predicted octanol–water partition coefficient (Wildman–Crippen LogP) is 3.93. The summed E-state index contributed by atoms with van der Waals surface area (Å²) in [6.07, 6.45) is 2.05. The molecule has 0 heterocycles. The van der Waals surface area contributed by atoms with Gasteiger partial charge in [0, 0.05) is 0 Å². The van der Waals surface area contributed by atoms with E-state index >= 15 is 0 Å². The lowest BCUT2D eigenvalue weighted by Crippen LogP contribution is -1.95. The Kier molecular flexibility index (Phi) is 6.91. The van der Waals surface area contributed by atoms with Crippen molar-refractivity contribution in [3.8, 4) is 0 Å². The van der Waals surface area contributed by atoms with Crippen LogP contribution in [-0.4, -0.2) is 6.67 Å². The van der Waals surface area contributed by atoms with Gasteiger partial charge < -0.3 is 0 Å². The number of allylic oxidation sites excluding steroid dienone is 1. The van der Waals surface area contributed by atoms with Crippen molar-refractivity contribution in [3.63, 3.8) is 0 Å². The molecule has 0 saturated carbocycles. The van der Waals surface area contributed by atoms with Crippen LogP contribution in [0.15, 0.2) is 12.2 Å². The van der Waals surface area contributed by atoms with Crippen LogP contribution >= 0.6 is 0 Å². The molecule has 3 heteroatoms. The molecule has 0 aliphatic carbocycles. The van der Waals surface area contributed by atoms with E-state index in [4.69, 9.17) is 0 Å². The van der Waals surface area contributed by atoms with Crippen LogP contribution in [-0.2, 0) is 0 Å². The van der Waals surface area contributed by atoms with Crippen LogP contribution in [0, 0.1) is 5.92 Å². The quantitative estimate of drug-likeness (QED) is 0.543. The molecule has 72 valence electrons. The molecule has 0 N–H and O–H groups in total. The molecule has 12 heavy (non-hydrogen) atoms. The van der Waals surface area contributed by atoms with Gasteiger partial charge in [-0.1, -0.05) is 13.3 Å². The summed E-state index contributed by atoms with van der Waals surface area (Å²) in [4.78, 5) is 0. The van der Waals surface area contributed by atoms with Crippen LogP contribution in [0.2, 0.25) is 0 Å². The minimum Gasteiger partial charge on any atom is -0.251 e. The first-order valence-corrected chi connectivity index (χ1v) is 4.24. The summed E-state index contributed by atoms with van der Waals surface area (Å²) >= 11 is 0. The second-order valence-electron chi connectivity index (χ2n) is 3.04. The molecular weight excluding hydrogens is 165 g/mol. The molecule has 0 aromatic carbocycles. The van der Waals surface area contributed by atoms with Crippen LogP contribution in [0.25, 0.3) is 0 Å². The second kappa shape index (κ2) is 7.19. The smallest absolute Gasteiger partial charge is 0.251 e. The molecule has 0 aromatic heterocycles. The molecule has 0 fully saturated rings. The van der Waals surface area contributed by atoms with Crippen molar-refractivity contribution in [2.24, 2.45) is 5.92 Å². The van der Waals surface area contributed by atoms with Crippen molar-refractivity contribution in [2.45, 2.75) is 32.6 Å². The first-order valence-electron chi connectivity index (χ1n) is 4.24. The summed E-state index contributed by atoms with van der Waals surface area (Å²) in [7, 11) is 0. The maximum atomic E-state index is 11.9. The minimum atomic E-state index is -1.62. The molecule has 0 nitrogen and oxygen atoms in total. The Bertz CT molecular complexity index is 128. The van der Waals surface area contributed by atoms with Crippen LogP contribution in [0.1, 0.15) is 32.6 Å². The van der Waals surface area contributed by atoms with E-state index in [0.29, 0.717) is 6.42 Å². The lowest BCUT2D eigenvalue weighted by atomic mass is 10.0. The summed E-state index contributed by atoms with van der Waals surface area (Å²) in [5, 5.41) is 0. The fourth-order valence-corrected chi connectivity index (χ4v) is 0.925. The zero-order valence-corrected chi connectivity index (χ0v) is 7.32. The number of unbranched alkanes of at least 4 members (excludes halogenated alkanes) is 2. The van der Waals surface area contributed by atoms with E-state index in [0.717, 1.165) is 25.3 Å². The molecule has 0 radical (unpaired) electrons. The van der Waals surface area contributed by atoms with Gasteiger partial charge in [-0.25, -0.2) is 0 Å².